The maximum absolute atomic E-state index is 13.0. The predicted octanol–water partition coefficient (Wildman–Crippen LogP) is 6.09. The average Bonchev–Trinajstić information content (AvgIpc) is 3.67. The molecular weight excluding hydrogens is 585 g/mol. The summed E-state index contributed by atoms with van der Waals surface area (Å²) in [4.78, 5) is 24.2. The molecule has 45 heavy (non-hydrogen) atoms. The topological polar surface area (TPSA) is 96.6 Å². The summed E-state index contributed by atoms with van der Waals surface area (Å²) in [5, 5.41) is 11.9. The molecule has 3 heterocycles. The molecule has 3 aliphatic rings. The van der Waals surface area contributed by atoms with Crippen molar-refractivity contribution in [2.75, 3.05) is 38.7 Å². The van der Waals surface area contributed by atoms with E-state index in [-0.39, 0.29) is 11.8 Å². The number of amides is 1. The monoisotopic (exact) mass is 618 g/mol. The van der Waals surface area contributed by atoms with Crippen LogP contribution < -0.4 is 10.1 Å². The molecule has 1 aliphatic carbocycles. The number of hydrogen-bond acceptors (Lipinski definition) is 6. The summed E-state index contributed by atoms with van der Waals surface area (Å²) >= 11 is 0. The molecule has 2 fully saturated rings. The van der Waals surface area contributed by atoms with Crippen molar-refractivity contribution in [3.05, 3.63) is 88.6 Å². The highest BCUT2D eigenvalue weighted by molar-refractivity contribution is 6.10. The van der Waals surface area contributed by atoms with Crippen LogP contribution in [-0.2, 0) is 26.3 Å². The van der Waals surface area contributed by atoms with Crippen molar-refractivity contribution in [1.29, 1.82) is 0 Å². The molecule has 1 amide bonds. The highest BCUT2D eigenvalue weighted by Gasteiger charge is 2.65. The number of methoxy groups -OCH3 is 1. The lowest BCUT2D eigenvalue weighted by atomic mass is 9.91. The summed E-state index contributed by atoms with van der Waals surface area (Å²) in [6.07, 6.45) is 0.362. The number of hydrogen-bond donors (Lipinski definition) is 2. The zero-order chi connectivity index (χ0) is 31.6. The molecule has 1 aromatic heterocycles. The number of nitrogens with zero attached hydrogens (tertiary/aromatic N) is 2. The van der Waals surface area contributed by atoms with Gasteiger partial charge in [0.2, 0.25) is 12.2 Å². The number of aldehydes is 1. The van der Waals surface area contributed by atoms with E-state index >= 15 is 0 Å². The van der Waals surface area contributed by atoms with E-state index in [1.54, 1.807) is 7.11 Å². The number of anilines is 1. The second-order valence-electron chi connectivity index (χ2n) is 11.5. The first-order valence-corrected chi connectivity index (χ1v) is 14.8. The van der Waals surface area contributed by atoms with E-state index in [4.69, 9.17) is 14.3 Å². The fraction of sp³-hybridized carbons (Fsp3) is 0.324. The Morgan fingerprint density at radius 2 is 1.87 bits per heavy atom. The Hall–Kier alpha value is -4.48. The van der Waals surface area contributed by atoms with Gasteiger partial charge in [-0.1, -0.05) is 42.5 Å². The van der Waals surface area contributed by atoms with Gasteiger partial charge in [-0.25, -0.2) is 0 Å². The molecule has 1 saturated carbocycles. The molecule has 8 nitrogen and oxygen atoms in total. The fourth-order valence-electron chi connectivity index (χ4n) is 6.22. The molecule has 2 aliphatic heterocycles. The van der Waals surface area contributed by atoms with Crippen molar-refractivity contribution >= 4 is 40.9 Å². The van der Waals surface area contributed by atoms with Gasteiger partial charge < -0.3 is 14.8 Å². The first-order chi connectivity index (χ1) is 21.7. The molecule has 2 atom stereocenters. The number of fused-ring (bicyclic) bond motifs is 3. The van der Waals surface area contributed by atoms with E-state index in [0.29, 0.717) is 0 Å². The van der Waals surface area contributed by atoms with E-state index in [1.807, 2.05) is 18.2 Å². The van der Waals surface area contributed by atoms with E-state index in [0.717, 1.165) is 90.4 Å². The zero-order valence-corrected chi connectivity index (χ0v) is 24.7. The summed E-state index contributed by atoms with van der Waals surface area (Å²) in [5.41, 5.74) is 6.93. The van der Waals surface area contributed by atoms with Gasteiger partial charge in [-0.15, -0.1) is 0 Å². The van der Waals surface area contributed by atoms with E-state index in [2.05, 4.69) is 75.0 Å². The van der Waals surface area contributed by atoms with Gasteiger partial charge >= 0.3 is 6.18 Å². The Kier molecular flexibility index (Phi) is 8.48. The molecule has 3 aromatic carbocycles. The molecule has 2 N–H and O–H groups in total. The van der Waals surface area contributed by atoms with Gasteiger partial charge in [0, 0.05) is 43.2 Å². The predicted molar refractivity (Wildman–Crippen MR) is 165 cm³/mol. The lowest BCUT2D eigenvalue weighted by molar-refractivity contribution is -0.156. The molecule has 1 saturated heterocycles. The van der Waals surface area contributed by atoms with Crippen molar-refractivity contribution in [2.24, 2.45) is 0 Å². The summed E-state index contributed by atoms with van der Waals surface area (Å²) < 4.78 is 42.2. The van der Waals surface area contributed by atoms with Crippen LogP contribution in [0.3, 0.4) is 0 Å². The maximum Gasteiger partial charge on any atom is 0.446 e. The fourth-order valence-corrected chi connectivity index (χ4v) is 6.22. The van der Waals surface area contributed by atoms with Crippen molar-refractivity contribution < 1.29 is 32.2 Å². The minimum Gasteiger partial charge on any atom is -0.497 e. The highest BCUT2D eigenvalue weighted by atomic mass is 19.4. The summed E-state index contributed by atoms with van der Waals surface area (Å²) in [7, 11) is 1.66. The number of aromatic nitrogens is 2. The second kappa shape index (κ2) is 12.5. The summed E-state index contributed by atoms with van der Waals surface area (Å²) in [6.45, 7) is 4.73. The normalized spacial score (nSPS) is 21.2. The second-order valence-corrected chi connectivity index (χ2v) is 11.5. The number of carbonyl (C=O) groups is 2. The molecule has 11 heteroatoms. The SMILES string of the molecule is COc1ccc2c(c1)[C@]1(C[C@H]1c1ccc3c(/C=C/c4ccc(CN5CCCOCC5)cc4)n[nH]c3c1)C(=O)N2.O=CC(F)(F)F. The molecule has 0 bridgehead atoms. The maximum atomic E-state index is 13.0. The van der Waals surface area contributed by atoms with Crippen LogP contribution in [0.5, 0.6) is 5.75 Å². The van der Waals surface area contributed by atoms with Crippen LogP contribution in [0.1, 0.15) is 46.7 Å². The number of halogens is 3. The van der Waals surface area contributed by atoms with Crippen molar-refractivity contribution in [3.63, 3.8) is 0 Å². The Bertz CT molecular complexity index is 1730. The Morgan fingerprint density at radius 1 is 1.07 bits per heavy atom. The zero-order valence-electron chi connectivity index (χ0n) is 24.7. The van der Waals surface area contributed by atoms with Crippen LogP contribution in [0, 0.1) is 0 Å². The molecule has 0 radical (unpaired) electrons. The van der Waals surface area contributed by atoms with Crippen molar-refractivity contribution in [1.82, 2.24) is 15.1 Å². The molecule has 7 rings (SSSR count). The lowest BCUT2D eigenvalue weighted by Gasteiger charge is -2.19. The van der Waals surface area contributed by atoms with Gasteiger partial charge in [0.1, 0.15) is 5.75 Å². The van der Waals surface area contributed by atoms with E-state index in [9.17, 15) is 18.0 Å². The number of alkyl halides is 3. The Balaban J connectivity index is 0.000000545. The van der Waals surface area contributed by atoms with Crippen LogP contribution in [0.25, 0.3) is 23.1 Å². The van der Waals surface area contributed by atoms with Gasteiger partial charge in [-0.2, -0.15) is 18.3 Å². The van der Waals surface area contributed by atoms with Crippen molar-refractivity contribution in [2.45, 2.75) is 36.9 Å². The third-order valence-electron chi connectivity index (χ3n) is 8.61. The van der Waals surface area contributed by atoms with Gasteiger partial charge in [-0.3, -0.25) is 19.6 Å². The minimum atomic E-state index is -4.64. The summed E-state index contributed by atoms with van der Waals surface area (Å²) in [6, 6.07) is 21.0. The van der Waals surface area contributed by atoms with Crippen LogP contribution in [0.15, 0.2) is 60.7 Å². The number of nitrogens with one attached hydrogen (secondary N) is 2. The van der Waals surface area contributed by atoms with Crippen LogP contribution in [0.4, 0.5) is 18.9 Å². The minimum absolute atomic E-state index is 0.0792. The average molecular weight is 619 g/mol. The highest BCUT2D eigenvalue weighted by Crippen LogP contribution is 2.65. The summed E-state index contributed by atoms with van der Waals surface area (Å²) in [5.74, 6) is 0.992. The molecule has 1 spiro atoms. The van der Waals surface area contributed by atoms with Crippen LogP contribution in [-0.4, -0.2) is 66.9 Å². The largest absolute Gasteiger partial charge is 0.497 e. The smallest absolute Gasteiger partial charge is 0.446 e. The Labute approximate surface area is 258 Å². The first-order valence-electron chi connectivity index (χ1n) is 14.8. The number of aromatic amines is 1. The van der Waals surface area contributed by atoms with Gasteiger partial charge in [0.25, 0.3) is 0 Å². The number of benzene rings is 3. The van der Waals surface area contributed by atoms with E-state index in [1.165, 1.54) is 5.56 Å². The third-order valence-corrected chi connectivity index (χ3v) is 8.61. The number of ether oxygens (including phenoxy) is 2. The van der Waals surface area contributed by atoms with Crippen LogP contribution in [0.2, 0.25) is 0 Å². The number of rotatable bonds is 6. The van der Waals surface area contributed by atoms with Gasteiger partial charge in [0.15, 0.2) is 0 Å². The first kappa shape index (κ1) is 30.5. The molecule has 234 valence electrons. The lowest BCUT2D eigenvalue weighted by Crippen LogP contribution is -2.25. The van der Waals surface area contributed by atoms with Crippen molar-refractivity contribution in [3.8, 4) is 5.75 Å². The standard InChI is InChI=1S/C32H32N4O3.C2HF3O/c1-38-24-9-12-29-26(18-24)32(31(37)33-29)19-27(32)23-8-10-25-28(34-35-30(25)17-23)11-7-21-3-5-22(6-4-21)20-36-13-2-15-39-16-14-36;3-2(4,5)1-6/h3-12,17-18,27H,2,13-16,19-20H2,1H3,(H,33,37)(H,34,35);1H/b11-7+;/t27-,32-;/m0./s1. The van der Waals surface area contributed by atoms with Crippen LogP contribution >= 0.6 is 0 Å². The molecule has 4 aromatic rings. The molecule has 0 unspecified atom stereocenters. The number of H-pyrrole nitrogens is 1. The number of carbonyl (C=O) groups excluding carboxylic acids is 2. The Morgan fingerprint density at radius 3 is 2.62 bits per heavy atom. The van der Waals surface area contributed by atoms with Gasteiger partial charge in [0.05, 0.1) is 30.3 Å². The molecular formula is C34H33F3N4O4. The third kappa shape index (κ3) is 6.50. The quantitative estimate of drug-likeness (QED) is 0.254. The van der Waals surface area contributed by atoms with E-state index < -0.39 is 17.9 Å². The van der Waals surface area contributed by atoms with Gasteiger partial charge in [-0.05, 0) is 65.4 Å².